The average Bonchev–Trinajstić information content (AvgIpc) is 2.95. The van der Waals surface area contributed by atoms with E-state index >= 15 is 0 Å². The largest absolute Gasteiger partial charge is 0.336 e. The van der Waals surface area contributed by atoms with Gasteiger partial charge in [0.25, 0.3) is 0 Å². The summed E-state index contributed by atoms with van der Waals surface area (Å²) in [6, 6.07) is 0.195. The molecule has 19 heavy (non-hydrogen) atoms. The van der Waals surface area contributed by atoms with Crippen LogP contribution >= 0.6 is 0 Å². The van der Waals surface area contributed by atoms with Crippen molar-refractivity contribution in [2.45, 2.75) is 82.8 Å². The monoisotopic (exact) mass is 264 g/mol. The van der Waals surface area contributed by atoms with Crippen LogP contribution in [0, 0.1) is 5.92 Å². The summed E-state index contributed by atoms with van der Waals surface area (Å²) in [6.07, 6.45) is 12.6. The maximum absolute atomic E-state index is 12.3. The molecule has 3 heteroatoms. The molecule has 108 valence electrons. The van der Waals surface area contributed by atoms with E-state index in [-0.39, 0.29) is 11.7 Å². The van der Waals surface area contributed by atoms with E-state index in [2.05, 4.69) is 17.1 Å². The van der Waals surface area contributed by atoms with Gasteiger partial charge in [0, 0.05) is 6.54 Å². The number of amides is 1. The first-order valence-electron chi connectivity index (χ1n) is 8.36. The molecule has 2 aliphatic heterocycles. The number of unbranched alkanes of at least 4 members (excludes halogenated alkanes) is 2. The molecule has 1 N–H and O–H groups in total. The number of piperidine rings is 1. The molecule has 3 aliphatic rings. The number of rotatable bonds is 4. The summed E-state index contributed by atoms with van der Waals surface area (Å²) in [5.41, 5.74) is 0.0515. The van der Waals surface area contributed by atoms with Gasteiger partial charge in [0.05, 0.1) is 11.7 Å². The SMILES string of the molecule is CCCCCC1CCCC12NC(=O)C1CCCCN12. The van der Waals surface area contributed by atoms with E-state index in [1.165, 1.54) is 57.8 Å². The first-order valence-corrected chi connectivity index (χ1v) is 8.36. The molecule has 1 spiro atoms. The lowest BCUT2D eigenvalue weighted by molar-refractivity contribution is -0.122. The Morgan fingerprint density at radius 1 is 1.26 bits per heavy atom. The summed E-state index contributed by atoms with van der Waals surface area (Å²) < 4.78 is 0. The molecule has 1 aliphatic carbocycles. The van der Waals surface area contributed by atoms with Crippen molar-refractivity contribution >= 4 is 5.91 Å². The third-order valence-electron chi connectivity index (χ3n) is 5.60. The van der Waals surface area contributed by atoms with E-state index in [0.717, 1.165) is 13.0 Å². The van der Waals surface area contributed by atoms with Gasteiger partial charge in [-0.3, -0.25) is 9.69 Å². The number of carbonyl (C=O) groups is 1. The third kappa shape index (κ3) is 2.20. The minimum atomic E-state index is 0.0515. The number of hydrogen-bond donors (Lipinski definition) is 1. The van der Waals surface area contributed by atoms with Crippen LogP contribution in [0.5, 0.6) is 0 Å². The molecule has 3 fully saturated rings. The van der Waals surface area contributed by atoms with Crippen LogP contribution < -0.4 is 5.32 Å². The van der Waals surface area contributed by atoms with Crippen molar-refractivity contribution in [3.63, 3.8) is 0 Å². The van der Waals surface area contributed by atoms with Gasteiger partial charge in [0.15, 0.2) is 0 Å². The summed E-state index contributed by atoms with van der Waals surface area (Å²) in [4.78, 5) is 14.9. The Bertz CT molecular complexity index is 344. The second kappa shape index (κ2) is 5.43. The molecule has 0 radical (unpaired) electrons. The summed E-state index contributed by atoms with van der Waals surface area (Å²) in [5.74, 6) is 1.02. The Hall–Kier alpha value is -0.570. The number of nitrogens with zero attached hydrogens (tertiary/aromatic N) is 1. The Morgan fingerprint density at radius 2 is 2.16 bits per heavy atom. The minimum Gasteiger partial charge on any atom is -0.336 e. The van der Waals surface area contributed by atoms with Gasteiger partial charge in [-0.1, -0.05) is 32.6 Å². The molecule has 0 aromatic rings. The Kier molecular flexibility index (Phi) is 3.84. The quantitative estimate of drug-likeness (QED) is 0.792. The van der Waals surface area contributed by atoms with E-state index in [1.54, 1.807) is 0 Å². The number of fused-ring (bicyclic) bond motifs is 2. The van der Waals surface area contributed by atoms with Crippen molar-refractivity contribution in [1.82, 2.24) is 10.2 Å². The highest BCUT2D eigenvalue weighted by Crippen LogP contribution is 2.46. The zero-order valence-electron chi connectivity index (χ0n) is 12.3. The maximum atomic E-state index is 12.3. The number of carbonyl (C=O) groups excluding carboxylic acids is 1. The molecule has 3 rings (SSSR count). The standard InChI is InChI=1S/C16H28N2O/c1-2-3-4-8-13-9-7-11-16(13)17-15(19)14-10-5-6-12-18(14)16/h13-14H,2-12H2,1H3,(H,17,19). The van der Waals surface area contributed by atoms with Crippen LogP contribution in [0.25, 0.3) is 0 Å². The highest BCUT2D eigenvalue weighted by molar-refractivity contribution is 5.85. The number of nitrogens with one attached hydrogen (secondary N) is 1. The van der Waals surface area contributed by atoms with E-state index < -0.39 is 0 Å². The van der Waals surface area contributed by atoms with Gasteiger partial charge in [-0.15, -0.1) is 0 Å². The first-order chi connectivity index (χ1) is 9.28. The molecule has 2 heterocycles. The predicted octanol–water partition coefficient (Wildman–Crippen LogP) is 3.05. The summed E-state index contributed by atoms with van der Waals surface area (Å²) >= 11 is 0. The van der Waals surface area contributed by atoms with Crippen LogP contribution in [0.2, 0.25) is 0 Å². The van der Waals surface area contributed by atoms with Crippen molar-refractivity contribution in [3.8, 4) is 0 Å². The maximum Gasteiger partial charge on any atom is 0.238 e. The smallest absolute Gasteiger partial charge is 0.238 e. The first kappa shape index (κ1) is 13.4. The Morgan fingerprint density at radius 3 is 3.00 bits per heavy atom. The molecule has 3 atom stereocenters. The van der Waals surface area contributed by atoms with E-state index in [0.29, 0.717) is 11.8 Å². The van der Waals surface area contributed by atoms with Crippen LogP contribution in [0.15, 0.2) is 0 Å². The Balaban J connectivity index is 1.75. The Labute approximate surface area is 117 Å². The van der Waals surface area contributed by atoms with Gasteiger partial charge in [-0.2, -0.15) is 0 Å². The van der Waals surface area contributed by atoms with Gasteiger partial charge >= 0.3 is 0 Å². The highest BCUT2D eigenvalue weighted by atomic mass is 16.2. The van der Waals surface area contributed by atoms with Crippen molar-refractivity contribution < 1.29 is 4.79 Å². The summed E-state index contributed by atoms with van der Waals surface area (Å²) in [7, 11) is 0. The van der Waals surface area contributed by atoms with Gasteiger partial charge in [0.2, 0.25) is 5.91 Å². The fourth-order valence-electron chi connectivity index (χ4n) is 4.68. The van der Waals surface area contributed by atoms with Crippen LogP contribution in [0.4, 0.5) is 0 Å². The highest BCUT2D eigenvalue weighted by Gasteiger charge is 2.56. The molecule has 0 bridgehead atoms. The molecule has 0 aromatic carbocycles. The second-order valence-electron chi connectivity index (χ2n) is 6.70. The topological polar surface area (TPSA) is 32.3 Å². The van der Waals surface area contributed by atoms with E-state index in [1.807, 2.05) is 0 Å². The van der Waals surface area contributed by atoms with Crippen LogP contribution in [-0.4, -0.2) is 29.1 Å². The normalized spacial score (nSPS) is 38.7. The van der Waals surface area contributed by atoms with Gasteiger partial charge in [-0.25, -0.2) is 0 Å². The van der Waals surface area contributed by atoms with Crippen molar-refractivity contribution in [2.24, 2.45) is 5.92 Å². The summed E-state index contributed by atoms with van der Waals surface area (Å²) in [5, 5.41) is 3.44. The molecular weight excluding hydrogens is 236 g/mol. The van der Waals surface area contributed by atoms with Crippen LogP contribution in [0.1, 0.15) is 71.1 Å². The van der Waals surface area contributed by atoms with Gasteiger partial charge < -0.3 is 5.32 Å². The van der Waals surface area contributed by atoms with E-state index in [9.17, 15) is 4.79 Å². The van der Waals surface area contributed by atoms with Crippen LogP contribution in [-0.2, 0) is 4.79 Å². The average molecular weight is 264 g/mol. The fourth-order valence-corrected chi connectivity index (χ4v) is 4.68. The summed E-state index contributed by atoms with van der Waals surface area (Å²) in [6.45, 7) is 3.40. The lowest BCUT2D eigenvalue weighted by atomic mass is 9.88. The van der Waals surface area contributed by atoms with Gasteiger partial charge in [0.1, 0.15) is 0 Å². The molecule has 1 amide bonds. The van der Waals surface area contributed by atoms with Gasteiger partial charge in [-0.05, 0) is 44.4 Å². The lowest BCUT2D eigenvalue weighted by Gasteiger charge is -2.43. The van der Waals surface area contributed by atoms with Crippen molar-refractivity contribution in [1.29, 1.82) is 0 Å². The molecule has 2 saturated heterocycles. The zero-order valence-corrected chi connectivity index (χ0v) is 12.3. The van der Waals surface area contributed by atoms with Crippen molar-refractivity contribution in [3.05, 3.63) is 0 Å². The fraction of sp³-hybridized carbons (Fsp3) is 0.938. The van der Waals surface area contributed by atoms with Crippen LogP contribution in [0.3, 0.4) is 0 Å². The van der Waals surface area contributed by atoms with Crippen molar-refractivity contribution in [2.75, 3.05) is 6.54 Å². The number of hydrogen-bond acceptors (Lipinski definition) is 2. The predicted molar refractivity (Wildman–Crippen MR) is 76.7 cm³/mol. The second-order valence-corrected chi connectivity index (χ2v) is 6.70. The lowest BCUT2D eigenvalue weighted by Crippen LogP contribution is -2.56. The molecule has 3 nitrogen and oxygen atoms in total. The molecule has 0 aromatic heterocycles. The molecular formula is C16H28N2O. The minimum absolute atomic E-state index is 0.0515. The molecule has 1 saturated carbocycles. The van der Waals surface area contributed by atoms with E-state index in [4.69, 9.17) is 0 Å². The third-order valence-corrected chi connectivity index (χ3v) is 5.60. The molecule has 3 unspecified atom stereocenters. The zero-order chi connectivity index (χ0) is 13.3.